The van der Waals surface area contributed by atoms with Gasteiger partial charge in [0.1, 0.15) is 17.3 Å². The number of para-hydroxylation sites is 1. The zero-order valence-electron chi connectivity index (χ0n) is 26.6. The van der Waals surface area contributed by atoms with E-state index in [1.807, 2.05) is 47.4 Å². The molecule has 7 rings (SSSR count). The van der Waals surface area contributed by atoms with Crippen molar-refractivity contribution in [1.82, 2.24) is 19.3 Å². The smallest absolute Gasteiger partial charge is 0.137 e. The number of pyridine rings is 1. The zero-order chi connectivity index (χ0) is 31.1. The summed E-state index contributed by atoms with van der Waals surface area (Å²) in [6.45, 7) is 11.1. The molecule has 7 aromatic rings. The van der Waals surface area contributed by atoms with Crippen molar-refractivity contribution in [2.24, 2.45) is 5.92 Å². The maximum atomic E-state index is 6.47. The highest BCUT2D eigenvalue weighted by Gasteiger charge is 2.15. The molecule has 0 N–H and O–H groups in total. The number of hydrogen-bond donors (Lipinski definition) is 0. The lowest BCUT2D eigenvalue weighted by Gasteiger charge is -2.12. The SMILES string of the molecule is Cc1ccnc(-n2c3ccccc3c3ccc(Oc4cccc(-n5cc(-c6c(C)cc(CCC(C)C)cc6C)cn5)c4)cc32)c1. The van der Waals surface area contributed by atoms with Gasteiger partial charge in [0.25, 0.3) is 0 Å². The Hall–Kier alpha value is -5.16. The van der Waals surface area contributed by atoms with Crippen LogP contribution in [0.15, 0.2) is 110 Å². The number of aromatic nitrogens is 4. The van der Waals surface area contributed by atoms with Crippen molar-refractivity contribution < 1.29 is 4.74 Å². The summed E-state index contributed by atoms with van der Waals surface area (Å²) in [6.07, 6.45) is 8.26. The van der Waals surface area contributed by atoms with Crippen molar-refractivity contribution in [3.8, 4) is 34.1 Å². The highest BCUT2D eigenvalue weighted by molar-refractivity contribution is 6.09. The zero-order valence-corrected chi connectivity index (χ0v) is 26.6. The molecule has 0 aliphatic carbocycles. The number of rotatable bonds is 8. The molecule has 0 aliphatic rings. The topological polar surface area (TPSA) is 44.9 Å². The van der Waals surface area contributed by atoms with Gasteiger partial charge in [0.15, 0.2) is 0 Å². The average Bonchev–Trinajstić information content (AvgIpc) is 3.63. The van der Waals surface area contributed by atoms with Crippen LogP contribution in [0, 0.1) is 26.7 Å². The van der Waals surface area contributed by atoms with Gasteiger partial charge < -0.3 is 4.74 Å². The minimum atomic E-state index is 0.703. The van der Waals surface area contributed by atoms with Crippen LogP contribution in [-0.4, -0.2) is 19.3 Å². The Morgan fingerprint density at radius 1 is 0.756 bits per heavy atom. The Labute approximate surface area is 264 Å². The first-order chi connectivity index (χ1) is 21.8. The van der Waals surface area contributed by atoms with E-state index < -0.39 is 0 Å². The fourth-order valence-electron chi connectivity index (χ4n) is 6.43. The first kappa shape index (κ1) is 28.6. The van der Waals surface area contributed by atoms with E-state index in [9.17, 15) is 0 Å². The van der Waals surface area contributed by atoms with E-state index in [0.29, 0.717) is 5.92 Å². The lowest BCUT2D eigenvalue weighted by molar-refractivity contribution is 0.483. The van der Waals surface area contributed by atoms with Gasteiger partial charge in [-0.15, -0.1) is 0 Å². The van der Waals surface area contributed by atoms with Crippen LogP contribution in [0.3, 0.4) is 0 Å². The molecule has 0 saturated heterocycles. The van der Waals surface area contributed by atoms with Gasteiger partial charge in [-0.3, -0.25) is 4.57 Å². The second-order valence-electron chi connectivity index (χ2n) is 12.5. The van der Waals surface area contributed by atoms with Crippen molar-refractivity contribution in [2.75, 3.05) is 0 Å². The molecular formula is C40H38N4O. The molecule has 0 radical (unpaired) electrons. The molecule has 3 aromatic heterocycles. The molecule has 5 nitrogen and oxygen atoms in total. The number of ether oxygens (including phenoxy) is 1. The Kier molecular flexibility index (Phi) is 7.46. The van der Waals surface area contributed by atoms with E-state index in [2.05, 4.69) is 106 Å². The lowest BCUT2D eigenvalue weighted by Crippen LogP contribution is -1.98. The molecule has 0 spiro atoms. The number of fused-ring (bicyclic) bond motifs is 3. The molecule has 0 fully saturated rings. The van der Waals surface area contributed by atoms with Gasteiger partial charge in [0.2, 0.25) is 0 Å². The largest absolute Gasteiger partial charge is 0.457 e. The summed E-state index contributed by atoms with van der Waals surface area (Å²) >= 11 is 0. The van der Waals surface area contributed by atoms with Crippen LogP contribution < -0.4 is 4.74 Å². The van der Waals surface area contributed by atoms with Crippen molar-refractivity contribution in [3.63, 3.8) is 0 Å². The highest BCUT2D eigenvalue weighted by atomic mass is 16.5. The second kappa shape index (κ2) is 11.7. The summed E-state index contributed by atoms with van der Waals surface area (Å²) in [5.41, 5.74) is 10.7. The summed E-state index contributed by atoms with van der Waals surface area (Å²) < 4.78 is 10.6. The summed E-state index contributed by atoms with van der Waals surface area (Å²) in [5, 5.41) is 7.10. The van der Waals surface area contributed by atoms with Gasteiger partial charge in [-0.2, -0.15) is 5.10 Å². The van der Waals surface area contributed by atoms with Gasteiger partial charge in [0, 0.05) is 40.9 Å². The van der Waals surface area contributed by atoms with E-state index in [4.69, 9.17) is 14.8 Å². The van der Waals surface area contributed by atoms with Gasteiger partial charge >= 0.3 is 0 Å². The lowest BCUT2D eigenvalue weighted by atomic mass is 9.93. The van der Waals surface area contributed by atoms with Gasteiger partial charge in [-0.25, -0.2) is 9.67 Å². The standard InChI is InChI=1S/C40H38N4O/c1-26(2)13-14-30-20-28(4)40(29(5)21-30)31-24-42-43(25-31)32-9-8-10-33(22-32)45-34-15-16-36-35-11-6-7-12-37(35)44(38(36)23-34)39-19-27(3)17-18-41-39/h6-12,15-26H,13-14H2,1-5H3. The number of hydrogen-bond acceptors (Lipinski definition) is 3. The van der Waals surface area contributed by atoms with Crippen LogP contribution in [0.4, 0.5) is 0 Å². The molecule has 0 aliphatic heterocycles. The summed E-state index contributed by atoms with van der Waals surface area (Å²) in [7, 11) is 0. The van der Waals surface area contributed by atoms with Gasteiger partial charge in [-0.1, -0.05) is 50.2 Å². The third-order valence-electron chi connectivity index (χ3n) is 8.57. The molecule has 45 heavy (non-hydrogen) atoms. The number of aryl methyl sites for hydroxylation is 4. The normalized spacial score (nSPS) is 11.6. The van der Waals surface area contributed by atoms with E-state index in [1.165, 1.54) is 39.6 Å². The quantitative estimate of drug-likeness (QED) is 0.177. The minimum absolute atomic E-state index is 0.703. The fourth-order valence-corrected chi connectivity index (χ4v) is 6.43. The molecule has 0 amide bonds. The maximum Gasteiger partial charge on any atom is 0.137 e. The average molecular weight is 591 g/mol. The Balaban J connectivity index is 1.19. The second-order valence-corrected chi connectivity index (χ2v) is 12.5. The molecule has 224 valence electrons. The van der Waals surface area contributed by atoms with Crippen LogP contribution in [0.2, 0.25) is 0 Å². The highest BCUT2D eigenvalue weighted by Crippen LogP contribution is 2.35. The molecule has 0 atom stereocenters. The minimum Gasteiger partial charge on any atom is -0.457 e. The Morgan fingerprint density at radius 2 is 1.53 bits per heavy atom. The van der Waals surface area contributed by atoms with Crippen LogP contribution >= 0.6 is 0 Å². The number of nitrogens with zero attached hydrogens (tertiary/aromatic N) is 4. The first-order valence-corrected chi connectivity index (χ1v) is 15.7. The van der Waals surface area contributed by atoms with Crippen molar-refractivity contribution >= 4 is 21.8 Å². The molecule has 3 heterocycles. The first-order valence-electron chi connectivity index (χ1n) is 15.7. The third-order valence-corrected chi connectivity index (χ3v) is 8.57. The molecular weight excluding hydrogens is 552 g/mol. The van der Waals surface area contributed by atoms with Crippen LogP contribution in [0.25, 0.3) is 44.4 Å². The van der Waals surface area contributed by atoms with Crippen LogP contribution in [0.1, 0.15) is 42.5 Å². The third kappa shape index (κ3) is 5.62. The summed E-state index contributed by atoms with van der Waals surface area (Å²) in [5.74, 6) is 3.11. The predicted octanol–water partition coefficient (Wildman–Crippen LogP) is 10.3. The molecule has 0 saturated carbocycles. The van der Waals surface area contributed by atoms with E-state index in [0.717, 1.165) is 51.4 Å². The van der Waals surface area contributed by atoms with Crippen LogP contribution in [0.5, 0.6) is 11.5 Å². The summed E-state index contributed by atoms with van der Waals surface area (Å²) in [6, 6.07) is 31.6. The van der Waals surface area contributed by atoms with E-state index >= 15 is 0 Å². The molecule has 5 heteroatoms. The number of benzene rings is 4. The Morgan fingerprint density at radius 3 is 2.33 bits per heavy atom. The van der Waals surface area contributed by atoms with E-state index in [1.54, 1.807) is 0 Å². The maximum absolute atomic E-state index is 6.47. The fraction of sp³-hybridized carbons (Fsp3) is 0.200. The molecule has 0 unspecified atom stereocenters. The van der Waals surface area contributed by atoms with Crippen molar-refractivity contribution in [2.45, 2.75) is 47.5 Å². The predicted molar refractivity (Wildman–Crippen MR) is 185 cm³/mol. The monoisotopic (exact) mass is 590 g/mol. The van der Waals surface area contributed by atoms with Gasteiger partial charge in [0.05, 0.1) is 22.9 Å². The van der Waals surface area contributed by atoms with Gasteiger partial charge in [-0.05, 0) is 110 Å². The van der Waals surface area contributed by atoms with Crippen LogP contribution in [-0.2, 0) is 6.42 Å². The van der Waals surface area contributed by atoms with Crippen molar-refractivity contribution in [1.29, 1.82) is 0 Å². The molecule has 0 bridgehead atoms. The van der Waals surface area contributed by atoms with E-state index in [-0.39, 0.29) is 0 Å². The summed E-state index contributed by atoms with van der Waals surface area (Å²) in [4.78, 5) is 4.71. The molecule has 4 aromatic carbocycles. The van der Waals surface area contributed by atoms with Crippen molar-refractivity contribution in [3.05, 3.63) is 132 Å². The Bertz CT molecular complexity index is 2140.